The molecule has 1 saturated heterocycles. The number of piperazine rings is 1. The number of aliphatic hydroxyl groups excluding tert-OH is 1. The molecule has 4 heteroatoms. The highest BCUT2D eigenvalue weighted by atomic mass is 16.4. The molecule has 0 saturated carbocycles. The number of furan rings is 1. The predicted molar refractivity (Wildman–Crippen MR) is 137 cm³/mol. The third kappa shape index (κ3) is 5.00. The summed E-state index contributed by atoms with van der Waals surface area (Å²) in [5, 5.41) is 11.0. The van der Waals surface area contributed by atoms with Crippen LogP contribution in [0.3, 0.4) is 0 Å². The van der Waals surface area contributed by atoms with Gasteiger partial charge in [-0.2, -0.15) is 0 Å². The first-order chi connectivity index (χ1) is 16.7. The number of hydrogen-bond donors (Lipinski definition) is 1. The monoisotopic (exact) mass is 452 g/mol. The Balaban J connectivity index is 1.25. The topological polar surface area (TPSA) is 39.9 Å². The molecule has 0 radical (unpaired) electrons. The maximum absolute atomic E-state index is 11.0. The molecular formula is C30H32N2O2. The molecule has 1 unspecified atom stereocenters. The summed E-state index contributed by atoms with van der Waals surface area (Å²) in [7, 11) is 0. The van der Waals surface area contributed by atoms with E-state index in [9.17, 15) is 5.11 Å². The van der Waals surface area contributed by atoms with E-state index in [4.69, 9.17) is 4.42 Å². The lowest BCUT2D eigenvalue weighted by molar-refractivity contribution is 0.0533. The minimum atomic E-state index is -0.636. The molecule has 2 heterocycles. The van der Waals surface area contributed by atoms with E-state index < -0.39 is 6.10 Å². The van der Waals surface area contributed by atoms with Gasteiger partial charge in [-0.1, -0.05) is 91.0 Å². The average molecular weight is 453 g/mol. The fourth-order valence-electron chi connectivity index (χ4n) is 4.99. The first-order valence-corrected chi connectivity index (χ1v) is 12.1. The van der Waals surface area contributed by atoms with Crippen molar-refractivity contribution in [3.63, 3.8) is 0 Å². The summed E-state index contributed by atoms with van der Waals surface area (Å²) in [5.41, 5.74) is 4.67. The van der Waals surface area contributed by atoms with Gasteiger partial charge in [0, 0.05) is 38.3 Å². The molecule has 4 aromatic rings. The van der Waals surface area contributed by atoms with Crippen LogP contribution in [0.5, 0.6) is 0 Å². The SMILES string of the molecule is Cc1cc(-c2ccccc2)oc1C(O)CN1CCN(C(c2ccccc2)c2ccccc2)CC1. The van der Waals surface area contributed by atoms with Gasteiger partial charge in [0.25, 0.3) is 0 Å². The fraction of sp³-hybridized carbons (Fsp3) is 0.267. The van der Waals surface area contributed by atoms with Crippen LogP contribution in [0.25, 0.3) is 11.3 Å². The van der Waals surface area contributed by atoms with Crippen LogP contribution in [0.1, 0.15) is 34.6 Å². The van der Waals surface area contributed by atoms with Crippen molar-refractivity contribution in [1.29, 1.82) is 0 Å². The van der Waals surface area contributed by atoms with Crippen molar-refractivity contribution in [1.82, 2.24) is 9.80 Å². The van der Waals surface area contributed by atoms with Crippen LogP contribution >= 0.6 is 0 Å². The van der Waals surface area contributed by atoms with Gasteiger partial charge in [0.05, 0.1) is 6.04 Å². The van der Waals surface area contributed by atoms with Gasteiger partial charge in [-0.05, 0) is 29.7 Å². The highest BCUT2D eigenvalue weighted by Crippen LogP contribution is 2.31. The Morgan fingerprint density at radius 1 is 0.765 bits per heavy atom. The quantitative estimate of drug-likeness (QED) is 0.391. The molecule has 1 aromatic heterocycles. The average Bonchev–Trinajstić information content (AvgIpc) is 3.29. The number of nitrogens with zero attached hydrogens (tertiary/aromatic N) is 2. The third-order valence-electron chi connectivity index (χ3n) is 6.75. The minimum absolute atomic E-state index is 0.246. The molecule has 1 aliphatic heterocycles. The van der Waals surface area contributed by atoms with Gasteiger partial charge in [-0.3, -0.25) is 9.80 Å². The van der Waals surface area contributed by atoms with Crippen LogP contribution in [0.4, 0.5) is 0 Å². The molecule has 0 aliphatic carbocycles. The lowest BCUT2D eigenvalue weighted by atomic mass is 9.96. The largest absolute Gasteiger partial charge is 0.458 e. The van der Waals surface area contributed by atoms with E-state index in [2.05, 4.69) is 70.5 Å². The smallest absolute Gasteiger partial charge is 0.137 e. The zero-order valence-corrected chi connectivity index (χ0v) is 19.7. The molecule has 1 N–H and O–H groups in total. The van der Waals surface area contributed by atoms with Crippen LogP contribution in [0.2, 0.25) is 0 Å². The molecule has 0 amide bonds. The molecule has 174 valence electrons. The fourth-order valence-corrected chi connectivity index (χ4v) is 4.99. The number of aliphatic hydroxyl groups is 1. The second kappa shape index (κ2) is 10.4. The highest BCUT2D eigenvalue weighted by molar-refractivity contribution is 5.58. The first kappa shape index (κ1) is 22.6. The summed E-state index contributed by atoms with van der Waals surface area (Å²) in [5.74, 6) is 1.48. The maximum atomic E-state index is 11.0. The number of rotatable bonds is 7. The lowest BCUT2D eigenvalue weighted by Crippen LogP contribution is -2.48. The molecule has 5 rings (SSSR count). The Morgan fingerprint density at radius 3 is 1.85 bits per heavy atom. The number of benzene rings is 3. The molecule has 0 spiro atoms. The Kier molecular flexibility index (Phi) is 6.91. The van der Waals surface area contributed by atoms with E-state index in [0.29, 0.717) is 12.3 Å². The summed E-state index contributed by atoms with van der Waals surface area (Å²) in [6.45, 7) is 6.33. The van der Waals surface area contributed by atoms with Gasteiger partial charge >= 0.3 is 0 Å². The predicted octanol–water partition coefficient (Wildman–Crippen LogP) is 5.70. The molecule has 1 atom stereocenters. The summed E-state index contributed by atoms with van der Waals surface area (Å²) in [6.07, 6.45) is -0.636. The van der Waals surface area contributed by atoms with Crippen molar-refractivity contribution >= 4 is 0 Å². The van der Waals surface area contributed by atoms with Gasteiger partial charge in [0.15, 0.2) is 0 Å². The van der Waals surface area contributed by atoms with Gasteiger partial charge in [-0.25, -0.2) is 0 Å². The van der Waals surface area contributed by atoms with Crippen LogP contribution in [-0.2, 0) is 0 Å². The zero-order valence-electron chi connectivity index (χ0n) is 19.7. The molecular weight excluding hydrogens is 420 g/mol. The Labute approximate surface area is 202 Å². The Bertz CT molecular complexity index is 1130. The van der Waals surface area contributed by atoms with Crippen molar-refractivity contribution in [3.8, 4) is 11.3 Å². The van der Waals surface area contributed by atoms with E-state index in [-0.39, 0.29) is 6.04 Å². The van der Waals surface area contributed by atoms with Crippen molar-refractivity contribution in [2.75, 3.05) is 32.7 Å². The van der Waals surface area contributed by atoms with E-state index in [1.807, 2.05) is 43.3 Å². The van der Waals surface area contributed by atoms with Gasteiger partial charge in [0.1, 0.15) is 17.6 Å². The normalized spacial score (nSPS) is 16.1. The molecule has 3 aromatic carbocycles. The van der Waals surface area contributed by atoms with Crippen molar-refractivity contribution in [2.45, 2.75) is 19.1 Å². The minimum Gasteiger partial charge on any atom is -0.458 e. The van der Waals surface area contributed by atoms with E-state index in [0.717, 1.165) is 43.1 Å². The molecule has 1 aliphatic rings. The zero-order chi connectivity index (χ0) is 23.3. The third-order valence-corrected chi connectivity index (χ3v) is 6.75. The summed E-state index contributed by atoms with van der Waals surface area (Å²) in [6, 6.07) is 33.8. The van der Waals surface area contributed by atoms with Crippen LogP contribution < -0.4 is 0 Å². The Hall–Kier alpha value is -3.18. The highest BCUT2D eigenvalue weighted by Gasteiger charge is 2.28. The summed E-state index contributed by atoms with van der Waals surface area (Å²) in [4.78, 5) is 4.90. The Morgan fingerprint density at radius 2 is 1.29 bits per heavy atom. The second-order valence-electron chi connectivity index (χ2n) is 9.10. The van der Waals surface area contributed by atoms with E-state index in [1.54, 1.807) is 0 Å². The molecule has 0 bridgehead atoms. The first-order valence-electron chi connectivity index (χ1n) is 12.1. The lowest BCUT2D eigenvalue weighted by Gasteiger charge is -2.40. The molecule has 1 fully saturated rings. The van der Waals surface area contributed by atoms with Crippen molar-refractivity contribution in [3.05, 3.63) is 120 Å². The van der Waals surface area contributed by atoms with Crippen LogP contribution in [0.15, 0.2) is 101 Å². The van der Waals surface area contributed by atoms with Gasteiger partial charge in [-0.15, -0.1) is 0 Å². The summed E-state index contributed by atoms with van der Waals surface area (Å²) >= 11 is 0. The van der Waals surface area contributed by atoms with Crippen molar-refractivity contribution in [2.24, 2.45) is 0 Å². The van der Waals surface area contributed by atoms with Crippen LogP contribution in [0, 0.1) is 6.92 Å². The number of aryl methyl sites for hydroxylation is 1. The van der Waals surface area contributed by atoms with E-state index >= 15 is 0 Å². The second-order valence-corrected chi connectivity index (χ2v) is 9.10. The van der Waals surface area contributed by atoms with Crippen LogP contribution in [-0.4, -0.2) is 47.6 Å². The number of hydrogen-bond acceptors (Lipinski definition) is 4. The van der Waals surface area contributed by atoms with Gasteiger partial charge in [0.2, 0.25) is 0 Å². The standard InChI is InChI=1S/C30H32N2O2/c1-23-21-28(24-11-5-2-6-12-24)34-30(23)27(33)22-31-17-19-32(20-18-31)29(25-13-7-3-8-14-25)26-15-9-4-10-16-26/h2-16,21,27,29,33H,17-20,22H2,1H3. The van der Waals surface area contributed by atoms with Gasteiger partial charge < -0.3 is 9.52 Å². The molecule has 4 nitrogen and oxygen atoms in total. The maximum Gasteiger partial charge on any atom is 0.137 e. The van der Waals surface area contributed by atoms with E-state index in [1.165, 1.54) is 11.1 Å². The summed E-state index contributed by atoms with van der Waals surface area (Å²) < 4.78 is 6.09. The molecule has 34 heavy (non-hydrogen) atoms. The van der Waals surface area contributed by atoms with Crippen molar-refractivity contribution < 1.29 is 9.52 Å². The number of β-amino-alcohol motifs (C(OH)–C–C–N with tert-alkyl or cyclic N) is 1.